The van der Waals surface area contributed by atoms with E-state index in [1.807, 2.05) is 0 Å². The summed E-state index contributed by atoms with van der Waals surface area (Å²) in [7, 11) is 8.63. The summed E-state index contributed by atoms with van der Waals surface area (Å²) in [5.41, 5.74) is 1.47. The van der Waals surface area contributed by atoms with Crippen molar-refractivity contribution in [2.24, 2.45) is 0 Å². The Morgan fingerprint density at radius 2 is 0.659 bits per heavy atom. The third kappa shape index (κ3) is 6.39. The first-order valence-electron chi connectivity index (χ1n) is 13.2. The Hall–Kier alpha value is -5.64. The molecule has 10 heteroatoms. The van der Waals surface area contributed by atoms with Crippen molar-refractivity contribution in [3.05, 3.63) is 95.1 Å². The fourth-order valence-electron chi connectivity index (χ4n) is 4.51. The van der Waals surface area contributed by atoms with E-state index in [-0.39, 0.29) is 33.8 Å². The van der Waals surface area contributed by atoms with E-state index >= 15 is 0 Å². The molecule has 10 nitrogen and oxygen atoms in total. The maximum atomic E-state index is 13.2. The lowest BCUT2D eigenvalue weighted by Gasteiger charge is -2.15. The third-order valence-electron chi connectivity index (χ3n) is 6.86. The minimum Gasteiger partial charge on any atom is -0.497 e. The predicted molar refractivity (Wildman–Crippen MR) is 161 cm³/mol. The van der Waals surface area contributed by atoms with Crippen molar-refractivity contribution in [3.8, 4) is 45.6 Å². The average Bonchev–Trinajstić information content (AvgIpc) is 3.08. The van der Waals surface area contributed by atoms with Crippen molar-refractivity contribution in [3.63, 3.8) is 0 Å². The number of Topliss-reactive ketones (excluding diaryl/α,β-unsaturated/α-hetero) is 4. The van der Waals surface area contributed by atoms with Crippen LogP contribution in [-0.4, -0.2) is 65.8 Å². The van der Waals surface area contributed by atoms with Gasteiger partial charge in [0.15, 0.2) is 0 Å². The van der Waals surface area contributed by atoms with Crippen LogP contribution in [0.3, 0.4) is 0 Å². The number of methoxy groups -OCH3 is 6. The van der Waals surface area contributed by atoms with Crippen LogP contribution in [0.4, 0.5) is 0 Å². The number of hydrogen-bond donors (Lipinski definition) is 0. The number of rotatable bonds is 13. The molecule has 0 aliphatic heterocycles. The number of ether oxygens (including phenoxy) is 6. The van der Waals surface area contributed by atoms with Crippen LogP contribution in [-0.2, 0) is 0 Å². The van der Waals surface area contributed by atoms with Gasteiger partial charge in [0.2, 0.25) is 23.1 Å². The number of ketones is 4. The van der Waals surface area contributed by atoms with Gasteiger partial charge in [-0.15, -0.1) is 0 Å². The number of hydrogen-bond acceptors (Lipinski definition) is 10. The first-order valence-corrected chi connectivity index (χ1v) is 13.2. The largest absolute Gasteiger partial charge is 0.497 e. The van der Waals surface area contributed by atoms with Crippen molar-refractivity contribution in [2.75, 3.05) is 42.7 Å². The number of carbonyl (C=O) groups excluding carboxylic acids is 4. The van der Waals surface area contributed by atoms with Crippen molar-refractivity contribution in [1.82, 2.24) is 0 Å². The molecule has 0 unspecified atom stereocenters. The summed E-state index contributed by atoms with van der Waals surface area (Å²) in [6, 6.07) is 18.1. The van der Waals surface area contributed by atoms with Gasteiger partial charge in [-0.05, 0) is 48.5 Å². The molecule has 0 aliphatic carbocycles. The van der Waals surface area contributed by atoms with Gasteiger partial charge < -0.3 is 28.4 Å². The second kappa shape index (κ2) is 13.6. The van der Waals surface area contributed by atoms with Gasteiger partial charge in [-0.25, -0.2) is 0 Å². The molecule has 0 spiro atoms. The highest BCUT2D eigenvalue weighted by molar-refractivity contribution is 6.50. The summed E-state index contributed by atoms with van der Waals surface area (Å²) in [5.74, 6) is -0.991. The van der Waals surface area contributed by atoms with Crippen LogP contribution in [0.5, 0.6) is 34.5 Å². The molecule has 0 N–H and O–H groups in total. The molecule has 0 aromatic heterocycles. The monoisotopic (exact) mass is 598 g/mol. The Morgan fingerprint density at radius 1 is 0.364 bits per heavy atom. The Kier molecular flexibility index (Phi) is 9.64. The molecule has 0 amide bonds. The van der Waals surface area contributed by atoms with Gasteiger partial charge in [0, 0.05) is 45.5 Å². The zero-order valence-electron chi connectivity index (χ0n) is 25.0. The molecule has 44 heavy (non-hydrogen) atoms. The summed E-state index contributed by atoms with van der Waals surface area (Å²) in [4.78, 5) is 52.5. The average molecular weight is 599 g/mol. The molecule has 226 valence electrons. The Bertz CT molecular complexity index is 1580. The van der Waals surface area contributed by atoms with Crippen molar-refractivity contribution in [2.45, 2.75) is 0 Å². The SMILES string of the molecule is COc1cc(OC)cc(C(=O)C(=O)c2ccc(-c3ccc(C(=O)C(=O)c4cc(OC)cc(OC)c4)cc3OC)c(OC)c2)c1. The molecule has 0 fully saturated rings. The van der Waals surface area contributed by atoms with Gasteiger partial charge >= 0.3 is 0 Å². The minimum absolute atomic E-state index is 0.0995. The second-order valence-corrected chi connectivity index (χ2v) is 9.35. The quantitative estimate of drug-likeness (QED) is 0.143. The molecule has 0 saturated carbocycles. The topological polar surface area (TPSA) is 124 Å². The van der Waals surface area contributed by atoms with E-state index in [1.54, 1.807) is 24.3 Å². The minimum atomic E-state index is -0.759. The third-order valence-corrected chi connectivity index (χ3v) is 6.86. The Labute approximate surface area is 254 Å². The van der Waals surface area contributed by atoms with Gasteiger partial charge in [0.05, 0.1) is 42.7 Å². The van der Waals surface area contributed by atoms with E-state index in [1.165, 1.54) is 91.2 Å². The Balaban J connectivity index is 1.65. The summed E-state index contributed by atoms with van der Waals surface area (Å²) >= 11 is 0. The lowest BCUT2D eigenvalue weighted by molar-refractivity contribution is 0.0816. The maximum Gasteiger partial charge on any atom is 0.233 e. The van der Waals surface area contributed by atoms with Crippen LogP contribution >= 0.6 is 0 Å². The molecule has 0 atom stereocenters. The van der Waals surface area contributed by atoms with Crippen LogP contribution < -0.4 is 28.4 Å². The zero-order valence-corrected chi connectivity index (χ0v) is 25.0. The summed E-state index contributed by atoms with van der Waals surface area (Å²) < 4.78 is 32.0. The number of benzene rings is 4. The Morgan fingerprint density at radius 3 is 0.932 bits per heavy atom. The highest BCUT2D eigenvalue weighted by Gasteiger charge is 2.24. The highest BCUT2D eigenvalue weighted by Crippen LogP contribution is 2.38. The van der Waals surface area contributed by atoms with Crippen LogP contribution in [0.1, 0.15) is 41.4 Å². The molecule has 4 rings (SSSR count). The van der Waals surface area contributed by atoms with Crippen LogP contribution in [0.2, 0.25) is 0 Å². The first-order chi connectivity index (χ1) is 21.2. The highest BCUT2D eigenvalue weighted by atomic mass is 16.5. The van der Waals surface area contributed by atoms with Gasteiger partial charge in [0.25, 0.3) is 0 Å². The summed E-state index contributed by atoms with van der Waals surface area (Å²) in [6.45, 7) is 0. The molecule has 0 saturated heterocycles. The van der Waals surface area contributed by atoms with Crippen LogP contribution in [0.25, 0.3) is 11.1 Å². The van der Waals surface area contributed by atoms with Crippen molar-refractivity contribution < 1.29 is 47.6 Å². The van der Waals surface area contributed by atoms with Crippen molar-refractivity contribution >= 4 is 23.1 Å². The molecule has 0 radical (unpaired) electrons. The van der Waals surface area contributed by atoms with E-state index in [4.69, 9.17) is 28.4 Å². The molecule has 0 bridgehead atoms. The number of carbonyl (C=O) groups is 4. The molecular weight excluding hydrogens is 568 g/mol. The first kappa shape index (κ1) is 31.3. The van der Waals surface area contributed by atoms with Gasteiger partial charge in [-0.2, -0.15) is 0 Å². The zero-order chi connectivity index (χ0) is 32.0. The van der Waals surface area contributed by atoms with E-state index < -0.39 is 23.1 Å². The van der Waals surface area contributed by atoms with E-state index in [0.29, 0.717) is 34.1 Å². The second-order valence-electron chi connectivity index (χ2n) is 9.35. The van der Waals surface area contributed by atoms with Crippen LogP contribution in [0, 0.1) is 0 Å². The lowest BCUT2D eigenvalue weighted by atomic mass is 9.95. The predicted octanol–water partition coefficient (Wildman–Crippen LogP) is 5.54. The molecule has 4 aromatic carbocycles. The van der Waals surface area contributed by atoms with E-state index in [2.05, 4.69) is 0 Å². The van der Waals surface area contributed by atoms with Gasteiger partial charge in [-0.3, -0.25) is 19.2 Å². The summed E-state index contributed by atoms with van der Waals surface area (Å²) in [5, 5.41) is 0. The van der Waals surface area contributed by atoms with Gasteiger partial charge in [0.1, 0.15) is 34.5 Å². The molecule has 0 heterocycles. The standard InChI is InChI=1S/C34H30O10/c1-39-23-11-21(12-24(17-23)40-2)33(37)31(35)19-7-9-27(29(15-19)43-5)28-10-8-20(16-30(28)44-6)32(36)34(38)22-13-25(41-3)18-26(14-22)42-4/h7-18H,1-6H3. The fourth-order valence-corrected chi connectivity index (χ4v) is 4.51. The molecule has 4 aromatic rings. The van der Waals surface area contributed by atoms with Crippen LogP contribution in [0.15, 0.2) is 72.8 Å². The smallest absolute Gasteiger partial charge is 0.233 e. The lowest BCUT2D eigenvalue weighted by Crippen LogP contribution is -2.15. The normalized spacial score (nSPS) is 10.4. The molecule has 0 aliphatic rings. The summed E-state index contributed by atoms with van der Waals surface area (Å²) in [6.07, 6.45) is 0. The molecular formula is C34H30O10. The van der Waals surface area contributed by atoms with Gasteiger partial charge in [-0.1, -0.05) is 12.1 Å². The fraction of sp³-hybridized carbons (Fsp3) is 0.176. The van der Waals surface area contributed by atoms with E-state index in [9.17, 15) is 19.2 Å². The van der Waals surface area contributed by atoms with Crippen molar-refractivity contribution in [1.29, 1.82) is 0 Å². The van der Waals surface area contributed by atoms with E-state index in [0.717, 1.165) is 0 Å². The maximum absolute atomic E-state index is 13.2.